The highest BCUT2D eigenvalue weighted by atomic mass is 32.2. The fourth-order valence-corrected chi connectivity index (χ4v) is 3.49. The molecule has 0 aliphatic carbocycles. The Morgan fingerprint density at radius 2 is 1.92 bits per heavy atom. The second kappa shape index (κ2) is 9.15. The van der Waals surface area contributed by atoms with E-state index in [9.17, 15) is 13.2 Å². The average molecular weight is 381 g/mol. The van der Waals surface area contributed by atoms with E-state index in [0.29, 0.717) is 17.8 Å². The van der Waals surface area contributed by atoms with Crippen molar-refractivity contribution >= 4 is 16.3 Å². The second-order valence-corrected chi connectivity index (χ2v) is 9.51. The van der Waals surface area contributed by atoms with Crippen molar-refractivity contribution in [2.24, 2.45) is 0 Å². The van der Waals surface area contributed by atoms with Crippen LogP contribution in [-0.4, -0.2) is 39.8 Å². The minimum absolute atomic E-state index is 0.208. The molecule has 0 radical (unpaired) electrons. The fraction of sp³-hybridized carbons (Fsp3) is 0.579. The first-order chi connectivity index (χ1) is 12.0. The van der Waals surface area contributed by atoms with Gasteiger partial charge in [-0.3, -0.25) is 4.79 Å². The van der Waals surface area contributed by atoms with Crippen molar-refractivity contribution in [2.45, 2.75) is 55.9 Å². The molecule has 7 heteroatoms. The Morgan fingerprint density at radius 1 is 1.31 bits per heavy atom. The lowest BCUT2D eigenvalue weighted by atomic mass is 9.71. The van der Waals surface area contributed by atoms with E-state index >= 15 is 0 Å². The number of nitriles is 1. The van der Waals surface area contributed by atoms with Crippen LogP contribution in [0.2, 0.25) is 0 Å². The van der Waals surface area contributed by atoms with Gasteiger partial charge in [0, 0.05) is 18.1 Å². The third kappa shape index (κ3) is 6.77. The van der Waals surface area contributed by atoms with Gasteiger partial charge < -0.3 is 10.1 Å². The van der Waals surface area contributed by atoms with E-state index in [-0.39, 0.29) is 11.0 Å². The zero-order chi connectivity index (χ0) is 19.8. The number of carbonyl (C=O) groups is 1. The van der Waals surface area contributed by atoms with Gasteiger partial charge in [0.25, 0.3) is 6.47 Å². The summed E-state index contributed by atoms with van der Waals surface area (Å²) in [4.78, 5) is 9.93. The standard InChI is InChI=1S/C14H18N2O2S.C5H10O2/c1-19(17,18)13-4-2-3-12(11-13)14(5-8-15)6-9-16-10-7-14;1-5(2,3)7-4-6/h2-4,11,16H,5-7,9-10H2,1H3;4H,1-3H3. The van der Waals surface area contributed by atoms with Crippen LogP contribution in [0.1, 0.15) is 45.6 Å². The molecular formula is C19H28N2O4S. The topological polar surface area (TPSA) is 96.3 Å². The smallest absolute Gasteiger partial charge is 0.293 e. The van der Waals surface area contributed by atoms with Gasteiger partial charge in [0.1, 0.15) is 5.60 Å². The summed E-state index contributed by atoms with van der Waals surface area (Å²) in [5, 5.41) is 12.4. The maximum Gasteiger partial charge on any atom is 0.293 e. The van der Waals surface area contributed by atoms with Gasteiger partial charge in [-0.15, -0.1) is 0 Å². The lowest BCUT2D eigenvalue weighted by Gasteiger charge is -2.36. The van der Waals surface area contributed by atoms with Gasteiger partial charge in [0.05, 0.1) is 11.0 Å². The maximum atomic E-state index is 11.7. The summed E-state index contributed by atoms with van der Waals surface area (Å²) in [6.45, 7) is 7.65. The van der Waals surface area contributed by atoms with Crippen LogP contribution in [0.15, 0.2) is 29.2 Å². The van der Waals surface area contributed by atoms with Gasteiger partial charge in [0.15, 0.2) is 9.84 Å². The number of rotatable bonds is 4. The first-order valence-electron chi connectivity index (χ1n) is 8.54. The summed E-state index contributed by atoms with van der Waals surface area (Å²) in [7, 11) is -3.20. The minimum Gasteiger partial charge on any atom is -0.462 e. The Morgan fingerprint density at radius 3 is 2.35 bits per heavy atom. The maximum absolute atomic E-state index is 11.7. The molecule has 26 heavy (non-hydrogen) atoms. The predicted molar refractivity (Wildman–Crippen MR) is 100 cm³/mol. The van der Waals surface area contributed by atoms with Crippen molar-refractivity contribution < 1.29 is 17.9 Å². The third-order valence-corrected chi connectivity index (χ3v) is 5.36. The minimum atomic E-state index is -3.20. The van der Waals surface area contributed by atoms with Crippen LogP contribution >= 0.6 is 0 Å². The van der Waals surface area contributed by atoms with Crippen LogP contribution in [0.4, 0.5) is 0 Å². The number of sulfone groups is 1. The molecular weight excluding hydrogens is 352 g/mol. The van der Waals surface area contributed by atoms with Crippen LogP contribution in [0.25, 0.3) is 0 Å². The number of piperidine rings is 1. The molecule has 0 aromatic heterocycles. The number of benzene rings is 1. The number of carbonyl (C=O) groups excluding carboxylic acids is 1. The number of hydrogen-bond donors (Lipinski definition) is 1. The summed E-state index contributed by atoms with van der Waals surface area (Å²) < 4.78 is 27.9. The molecule has 1 aromatic carbocycles. The largest absolute Gasteiger partial charge is 0.462 e. The van der Waals surface area contributed by atoms with Gasteiger partial charge in [-0.1, -0.05) is 12.1 Å². The van der Waals surface area contributed by atoms with Crippen molar-refractivity contribution in [3.63, 3.8) is 0 Å². The molecule has 1 N–H and O–H groups in total. The van der Waals surface area contributed by atoms with E-state index in [1.807, 2.05) is 26.8 Å². The van der Waals surface area contributed by atoms with Crippen LogP contribution in [0.3, 0.4) is 0 Å². The van der Waals surface area contributed by atoms with E-state index in [4.69, 9.17) is 5.26 Å². The van der Waals surface area contributed by atoms with Crippen LogP contribution in [-0.2, 0) is 24.8 Å². The van der Waals surface area contributed by atoms with Crippen LogP contribution < -0.4 is 5.32 Å². The monoisotopic (exact) mass is 380 g/mol. The van der Waals surface area contributed by atoms with Crippen molar-refractivity contribution in [2.75, 3.05) is 19.3 Å². The lowest BCUT2D eigenvalue weighted by Crippen LogP contribution is -2.39. The average Bonchev–Trinajstić information content (AvgIpc) is 2.55. The SMILES string of the molecule is CC(C)(C)OC=O.CS(=O)(=O)c1cccc(C2(CC#N)CCNCC2)c1. The first kappa shape index (κ1) is 22.1. The molecule has 6 nitrogen and oxygen atoms in total. The molecule has 0 saturated carbocycles. The Kier molecular flexibility index (Phi) is 7.79. The van der Waals surface area contributed by atoms with Gasteiger partial charge in [-0.25, -0.2) is 8.42 Å². The summed E-state index contributed by atoms with van der Waals surface area (Å²) >= 11 is 0. The molecule has 1 aliphatic rings. The van der Waals surface area contributed by atoms with Crippen molar-refractivity contribution in [1.29, 1.82) is 5.26 Å². The van der Waals surface area contributed by atoms with Gasteiger partial charge in [0.2, 0.25) is 0 Å². The number of nitrogens with zero attached hydrogens (tertiary/aromatic N) is 1. The highest BCUT2D eigenvalue weighted by Crippen LogP contribution is 2.37. The Balaban J connectivity index is 0.000000412. The number of nitrogens with one attached hydrogen (secondary N) is 1. The van der Waals surface area contributed by atoms with E-state index in [2.05, 4.69) is 16.1 Å². The molecule has 0 spiro atoms. The summed E-state index contributed by atoms with van der Waals surface area (Å²) in [5.74, 6) is 0. The Hall–Kier alpha value is -1.91. The number of hydrogen-bond acceptors (Lipinski definition) is 6. The molecule has 1 aromatic rings. The zero-order valence-corrected chi connectivity index (χ0v) is 16.7. The zero-order valence-electron chi connectivity index (χ0n) is 15.9. The van der Waals surface area contributed by atoms with E-state index in [0.717, 1.165) is 31.5 Å². The van der Waals surface area contributed by atoms with Gasteiger partial charge in [-0.05, 0) is 64.4 Å². The molecule has 1 saturated heterocycles. The van der Waals surface area contributed by atoms with Crippen molar-refractivity contribution in [3.05, 3.63) is 29.8 Å². The van der Waals surface area contributed by atoms with Gasteiger partial charge >= 0.3 is 0 Å². The normalized spacial score (nSPS) is 16.6. The fourth-order valence-electron chi connectivity index (χ4n) is 2.83. The van der Waals surface area contributed by atoms with Gasteiger partial charge in [-0.2, -0.15) is 5.26 Å². The molecule has 0 atom stereocenters. The van der Waals surface area contributed by atoms with E-state index < -0.39 is 9.84 Å². The lowest BCUT2D eigenvalue weighted by molar-refractivity contribution is -0.138. The van der Waals surface area contributed by atoms with E-state index in [1.54, 1.807) is 18.2 Å². The molecule has 0 bridgehead atoms. The predicted octanol–water partition coefficient (Wildman–Crippen LogP) is 2.58. The third-order valence-electron chi connectivity index (χ3n) is 4.25. The van der Waals surface area contributed by atoms with Crippen LogP contribution in [0, 0.1) is 11.3 Å². The molecule has 0 unspecified atom stereocenters. The second-order valence-electron chi connectivity index (χ2n) is 7.49. The molecule has 0 amide bonds. The summed E-state index contributed by atoms with van der Waals surface area (Å²) in [6.07, 6.45) is 3.38. The van der Waals surface area contributed by atoms with E-state index in [1.165, 1.54) is 6.26 Å². The highest BCUT2D eigenvalue weighted by Gasteiger charge is 2.34. The van der Waals surface area contributed by atoms with Crippen molar-refractivity contribution in [3.8, 4) is 6.07 Å². The molecule has 1 aliphatic heterocycles. The quantitative estimate of drug-likeness (QED) is 0.807. The molecule has 1 heterocycles. The number of ether oxygens (including phenoxy) is 1. The summed E-state index contributed by atoms with van der Waals surface area (Å²) in [6, 6.07) is 9.32. The Labute approximate surface area is 156 Å². The van der Waals surface area contributed by atoms with Crippen molar-refractivity contribution in [1.82, 2.24) is 5.32 Å². The summed E-state index contributed by atoms with van der Waals surface area (Å²) in [5.41, 5.74) is 0.445. The molecule has 144 valence electrons. The molecule has 1 fully saturated rings. The highest BCUT2D eigenvalue weighted by molar-refractivity contribution is 7.90. The molecule has 2 rings (SSSR count). The Bertz CT molecular complexity index is 740. The van der Waals surface area contributed by atoms with Crippen LogP contribution in [0.5, 0.6) is 0 Å². The first-order valence-corrected chi connectivity index (χ1v) is 10.4.